The number of hydrogen-bond donors (Lipinski definition) is 2. The van der Waals surface area contributed by atoms with Gasteiger partial charge in [-0.1, -0.05) is 0 Å². The summed E-state index contributed by atoms with van der Waals surface area (Å²) < 4.78 is 6.05. The van der Waals surface area contributed by atoms with Crippen molar-refractivity contribution in [1.29, 1.82) is 0 Å². The normalized spacial score (nSPS) is 15.8. The summed E-state index contributed by atoms with van der Waals surface area (Å²) in [5, 5.41) is 19.9. The summed E-state index contributed by atoms with van der Waals surface area (Å²) in [6.07, 6.45) is 0. The fourth-order valence-corrected chi connectivity index (χ4v) is 3.55. The molecule has 6 heteroatoms. The largest absolute Gasteiger partial charge is 0.504 e. The maximum absolute atomic E-state index is 12.5. The highest BCUT2D eigenvalue weighted by Gasteiger charge is 2.23. The lowest BCUT2D eigenvalue weighted by molar-refractivity contribution is 0.0306. The van der Waals surface area contributed by atoms with Crippen molar-refractivity contribution in [3.05, 3.63) is 22.6 Å². The van der Waals surface area contributed by atoms with Gasteiger partial charge in [0, 0.05) is 29.2 Å². The van der Waals surface area contributed by atoms with Crippen LogP contribution >= 0.6 is 11.3 Å². The van der Waals surface area contributed by atoms with Gasteiger partial charge in [-0.3, -0.25) is 4.79 Å². The molecule has 106 valence electrons. The number of rotatable bonds is 1. The van der Waals surface area contributed by atoms with E-state index in [1.807, 2.05) is 6.92 Å². The molecule has 3 rings (SSSR count). The summed E-state index contributed by atoms with van der Waals surface area (Å²) in [5.74, 6) is -0.334. The van der Waals surface area contributed by atoms with Gasteiger partial charge in [0.15, 0.2) is 11.5 Å². The number of carbonyl (C=O) groups excluding carboxylic acids is 1. The molecule has 20 heavy (non-hydrogen) atoms. The van der Waals surface area contributed by atoms with Crippen LogP contribution in [0.4, 0.5) is 0 Å². The van der Waals surface area contributed by atoms with Crippen LogP contribution < -0.4 is 0 Å². The van der Waals surface area contributed by atoms with E-state index < -0.39 is 0 Å². The number of aryl methyl sites for hydroxylation is 1. The first-order valence-corrected chi connectivity index (χ1v) is 7.21. The van der Waals surface area contributed by atoms with Gasteiger partial charge in [0.05, 0.1) is 18.1 Å². The highest BCUT2D eigenvalue weighted by Crippen LogP contribution is 2.38. The second-order valence-corrected chi connectivity index (χ2v) is 5.85. The molecular weight excluding hydrogens is 278 g/mol. The molecule has 0 saturated carbocycles. The number of thiophene rings is 1. The number of morpholine rings is 1. The predicted molar refractivity (Wildman–Crippen MR) is 76.6 cm³/mol. The number of ether oxygens (including phenoxy) is 1. The number of phenolic OH excluding ortho intramolecular Hbond substituents is 2. The molecular formula is C14H15NO4S. The molecule has 1 fully saturated rings. The van der Waals surface area contributed by atoms with Crippen molar-refractivity contribution in [3.63, 3.8) is 0 Å². The lowest BCUT2D eigenvalue weighted by atomic mass is 10.1. The van der Waals surface area contributed by atoms with Crippen LogP contribution in [0.1, 0.15) is 15.2 Å². The predicted octanol–water partition coefficient (Wildman–Crippen LogP) is 2.09. The molecule has 1 aromatic heterocycles. The molecule has 2 N–H and O–H groups in total. The summed E-state index contributed by atoms with van der Waals surface area (Å²) in [6.45, 7) is 4.20. The molecule has 0 unspecified atom stereocenters. The topological polar surface area (TPSA) is 70.0 Å². The van der Waals surface area contributed by atoms with E-state index >= 15 is 0 Å². The fourth-order valence-electron chi connectivity index (χ4n) is 2.36. The maximum Gasteiger partial charge on any atom is 0.264 e. The Labute approximate surface area is 120 Å². The quantitative estimate of drug-likeness (QED) is 0.790. The van der Waals surface area contributed by atoms with Gasteiger partial charge in [-0.05, 0) is 18.6 Å². The van der Waals surface area contributed by atoms with Crippen LogP contribution in [0, 0.1) is 6.92 Å². The first kappa shape index (κ1) is 13.2. The first-order valence-electron chi connectivity index (χ1n) is 6.40. The molecule has 2 aromatic rings. The van der Waals surface area contributed by atoms with Crippen molar-refractivity contribution in [1.82, 2.24) is 4.90 Å². The van der Waals surface area contributed by atoms with Crippen molar-refractivity contribution < 1.29 is 19.7 Å². The summed E-state index contributed by atoms with van der Waals surface area (Å²) in [4.78, 5) is 15.0. The van der Waals surface area contributed by atoms with E-state index in [1.54, 1.807) is 4.90 Å². The van der Waals surface area contributed by atoms with E-state index in [9.17, 15) is 15.0 Å². The second-order valence-electron chi connectivity index (χ2n) is 4.80. The van der Waals surface area contributed by atoms with Gasteiger partial charge in [-0.2, -0.15) is 0 Å². The Balaban J connectivity index is 2.03. The Morgan fingerprint density at radius 1 is 1.25 bits per heavy atom. The SMILES string of the molecule is Cc1c(C(=O)N2CCOCC2)sc2cc(O)c(O)cc12. The number of aromatic hydroxyl groups is 2. The number of fused-ring (bicyclic) bond motifs is 1. The Bertz CT molecular complexity index is 673. The zero-order chi connectivity index (χ0) is 14.3. The van der Waals surface area contributed by atoms with Crippen LogP contribution in [-0.4, -0.2) is 47.3 Å². The molecule has 2 heterocycles. The molecule has 1 saturated heterocycles. The Kier molecular flexibility index (Phi) is 3.27. The lowest BCUT2D eigenvalue weighted by Crippen LogP contribution is -2.40. The Morgan fingerprint density at radius 2 is 1.90 bits per heavy atom. The summed E-state index contributed by atoms with van der Waals surface area (Å²) >= 11 is 1.35. The smallest absolute Gasteiger partial charge is 0.264 e. The number of benzene rings is 1. The molecule has 0 spiro atoms. The minimum Gasteiger partial charge on any atom is -0.504 e. The van der Waals surface area contributed by atoms with Gasteiger partial charge in [0.25, 0.3) is 5.91 Å². The molecule has 0 atom stereocenters. The average Bonchev–Trinajstić information content (AvgIpc) is 2.77. The third-order valence-corrected chi connectivity index (χ3v) is 4.77. The van der Waals surface area contributed by atoms with Crippen LogP contribution in [0.3, 0.4) is 0 Å². The Hall–Kier alpha value is -1.79. The number of hydrogen-bond acceptors (Lipinski definition) is 5. The molecule has 0 aliphatic carbocycles. The number of nitrogens with zero attached hydrogens (tertiary/aromatic N) is 1. The van der Waals surface area contributed by atoms with Crippen LogP contribution in [0.2, 0.25) is 0 Å². The van der Waals surface area contributed by atoms with Gasteiger partial charge in [-0.25, -0.2) is 0 Å². The van der Waals surface area contributed by atoms with Gasteiger partial charge in [0.2, 0.25) is 0 Å². The first-order chi connectivity index (χ1) is 9.58. The highest BCUT2D eigenvalue weighted by atomic mass is 32.1. The fraction of sp³-hybridized carbons (Fsp3) is 0.357. The lowest BCUT2D eigenvalue weighted by Gasteiger charge is -2.26. The molecule has 1 aliphatic rings. The molecule has 1 amide bonds. The molecule has 0 radical (unpaired) electrons. The monoisotopic (exact) mass is 293 g/mol. The molecule has 0 bridgehead atoms. The maximum atomic E-state index is 12.5. The zero-order valence-corrected chi connectivity index (χ0v) is 11.9. The standard InChI is InChI=1S/C14H15NO4S/c1-8-9-6-10(16)11(17)7-12(9)20-13(8)14(18)15-2-4-19-5-3-15/h6-7,16-17H,2-5H2,1H3. The van der Waals surface area contributed by atoms with Crippen LogP contribution in [0.25, 0.3) is 10.1 Å². The van der Waals surface area contributed by atoms with E-state index in [0.29, 0.717) is 31.2 Å². The number of amides is 1. The van der Waals surface area contributed by atoms with E-state index in [-0.39, 0.29) is 17.4 Å². The van der Waals surface area contributed by atoms with Crippen molar-refractivity contribution in [3.8, 4) is 11.5 Å². The molecule has 5 nitrogen and oxygen atoms in total. The highest BCUT2D eigenvalue weighted by molar-refractivity contribution is 7.21. The van der Waals surface area contributed by atoms with Crippen molar-refractivity contribution in [2.45, 2.75) is 6.92 Å². The summed E-state index contributed by atoms with van der Waals surface area (Å²) in [7, 11) is 0. The van der Waals surface area contributed by atoms with Crippen molar-refractivity contribution >= 4 is 27.3 Å². The van der Waals surface area contributed by atoms with Gasteiger partial charge in [-0.15, -0.1) is 11.3 Å². The number of phenols is 2. The summed E-state index contributed by atoms with van der Waals surface area (Å²) in [6, 6.07) is 3.00. The molecule has 1 aliphatic heterocycles. The van der Waals surface area contributed by atoms with E-state index in [4.69, 9.17) is 4.74 Å². The van der Waals surface area contributed by atoms with Gasteiger partial charge < -0.3 is 19.8 Å². The minimum absolute atomic E-state index is 0.00835. The average molecular weight is 293 g/mol. The molecule has 1 aromatic carbocycles. The van der Waals surface area contributed by atoms with E-state index in [0.717, 1.165) is 15.6 Å². The van der Waals surface area contributed by atoms with Crippen molar-refractivity contribution in [2.75, 3.05) is 26.3 Å². The third-order valence-electron chi connectivity index (χ3n) is 3.53. The number of carbonyl (C=O) groups is 1. The van der Waals surface area contributed by atoms with Gasteiger partial charge >= 0.3 is 0 Å². The van der Waals surface area contributed by atoms with E-state index in [1.165, 1.54) is 23.5 Å². The van der Waals surface area contributed by atoms with Crippen LogP contribution in [-0.2, 0) is 4.74 Å². The minimum atomic E-state index is -0.163. The second kappa shape index (κ2) is 4.96. The van der Waals surface area contributed by atoms with Crippen LogP contribution in [0.5, 0.6) is 11.5 Å². The van der Waals surface area contributed by atoms with Crippen LogP contribution in [0.15, 0.2) is 12.1 Å². The summed E-state index contributed by atoms with van der Waals surface area (Å²) in [5.41, 5.74) is 0.844. The van der Waals surface area contributed by atoms with Gasteiger partial charge in [0.1, 0.15) is 0 Å². The third kappa shape index (κ3) is 2.10. The zero-order valence-electron chi connectivity index (χ0n) is 11.0. The Morgan fingerprint density at radius 3 is 2.60 bits per heavy atom. The van der Waals surface area contributed by atoms with Crippen molar-refractivity contribution in [2.24, 2.45) is 0 Å². The van der Waals surface area contributed by atoms with E-state index in [2.05, 4.69) is 0 Å².